The van der Waals surface area contributed by atoms with Crippen LogP contribution < -0.4 is 11.1 Å². The molecule has 0 aromatic heterocycles. The number of amides is 1. The normalized spacial score (nSPS) is 17.7. The topological polar surface area (TPSA) is 75.4 Å². The van der Waals surface area contributed by atoms with Gasteiger partial charge in [-0.15, -0.1) is 0 Å². The number of aliphatic hydroxyl groups is 1. The van der Waals surface area contributed by atoms with Crippen LogP contribution >= 0.6 is 0 Å². The van der Waals surface area contributed by atoms with Crippen LogP contribution in [0.2, 0.25) is 0 Å². The third kappa shape index (κ3) is 3.01. The molecule has 1 aromatic rings. The van der Waals surface area contributed by atoms with Gasteiger partial charge >= 0.3 is 0 Å². The molecule has 0 radical (unpaired) electrons. The van der Waals surface area contributed by atoms with Gasteiger partial charge in [0.05, 0.1) is 5.60 Å². The van der Waals surface area contributed by atoms with E-state index < -0.39 is 5.60 Å². The number of nitrogens with one attached hydrogen (secondary N) is 1. The number of rotatable bonds is 3. The van der Waals surface area contributed by atoms with Crippen LogP contribution in [0.4, 0.5) is 5.69 Å². The van der Waals surface area contributed by atoms with Crippen LogP contribution in [-0.2, 0) is 0 Å². The van der Waals surface area contributed by atoms with Crippen molar-refractivity contribution in [1.82, 2.24) is 5.32 Å². The molecule has 1 aliphatic carbocycles. The Bertz CT molecular complexity index is 431. The molecule has 4 nitrogen and oxygen atoms in total. The molecule has 0 heterocycles. The molecule has 0 bridgehead atoms. The van der Waals surface area contributed by atoms with Crippen molar-refractivity contribution in [3.05, 3.63) is 29.3 Å². The van der Waals surface area contributed by atoms with Crippen LogP contribution in [0, 0.1) is 6.92 Å². The maximum Gasteiger partial charge on any atom is 0.251 e. The SMILES string of the molecule is Cc1cc(N)cc(C(=O)NCC2(O)CCCC2)c1. The van der Waals surface area contributed by atoms with Gasteiger partial charge in [-0.05, 0) is 43.5 Å². The second-order valence-corrected chi connectivity index (χ2v) is 5.25. The summed E-state index contributed by atoms with van der Waals surface area (Å²) in [6.07, 6.45) is 3.60. The number of carbonyl (C=O) groups excluding carboxylic acids is 1. The van der Waals surface area contributed by atoms with Gasteiger partial charge in [0.25, 0.3) is 5.91 Å². The fourth-order valence-corrected chi connectivity index (χ4v) is 2.50. The van der Waals surface area contributed by atoms with Crippen molar-refractivity contribution >= 4 is 11.6 Å². The third-order valence-electron chi connectivity index (χ3n) is 3.47. The van der Waals surface area contributed by atoms with Crippen LogP contribution in [0.1, 0.15) is 41.6 Å². The molecule has 0 aliphatic heterocycles. The number of anilines is 1. The molecule has 0 unspecified atom stereocenters. The number of hydrogen-bond acceptors (Lipinski definition) is 3. The lowest BCUT2D eigenvalue weighted by molar-refractivity contribution is 0.0449. The molecule has 1 aromatic carbocycles. The molecule has 18 heavy (non-hydrogen) atoms. The first-order valence-corrected chi connectivity index (χ1v) is 6.36. The number of hydrogen-bond donors (Lipinski definition) is 3. The summed E-state index contributed by atoms with van der Waals surface area (Å²) >= 11 is 0. The first-order valence-electron chi connectivity index (χ1n) is 6.36. The zero-order valence-corrected chi connectivity index (χ0v) is 10.7. The Morgan fingerprint density at radius 1 is 1.39 bits per heavy atom. The molecule has 2 rings (SSSR count). The van der Waals surface area contributed by atoms with E-state index in [2.05, 4.69) is 5.32 Å². The lowest BCUT2D eigenvalue weighted by atomic mass is 10.0. The van der Waals surface area contributed by atoms with Gasteiger partial charge in [0, 0.05) is 17.8 Å². The summed E-state index contributed by atoms with van der Waals surface area (Å²) in [5, 5.41) is 12.9. The van der Waals surface area contributed by atoms with E-state index in [0.717, 1.165) is 31.2 Å². The number of benzene rings is 1. The molecule has 1 fully saturated rings. The van der Waals surface area contributed by atoms with Crippen molar-refractivity contribution < 1.29 is 9.90 Å². The minimum atomic E-state index is -0.717. The van der Waals surface area contributed by atoms with Gasteiger partial charge in [0.2, 0.25) is 0 Å². The minimum Gasteiger partial charge on any atom is -0.399 e. The highest BCUT2D eigenvalue weighted by Gasteiger charge is 2.31. The van der Waals surface area contributed by atoms with E-state index in [4.69, 9.17) is 5.73 Å². The smallest absolute Gasteiger partial charge is 0.251 e. The highest BCUT2D eigenvalue weighted by Crippen LogP contribution is 2.28. The molecular weight excluding hydrogens is 228 g/mol. The van der Waals surface area contributed by atoms with Gasteiger partial charge in [-0.2, -0.15) is 0 Å². The standard InChI is InChI=1S/C14H20N2O2/c1-10-6-11(8-12(15)7-10)13(17)16-9-14(18)4-2-3-5-14/h6-8,18H,2-5,9,15H2,1H3,(H,16,17). The number of nitrogens with two attached hydrogens (primary N) is 1. The summed E-state index contributed by atoms with van der Waals surface area (Å²) in [6.45, 7) is 2.22. The molecule has 1 saturated carbocycles. The largest absolute Gasteiger partial charge is 0.399 e. The fraction of sp³-hybridized carbons (Fsp3) is 0.500. The summed E-state index contributed by atoms with van der Waals surface area (Å²) in [5.41, 5.74) is 7.09. The Morgan fingerprint density at radius 3 is 2.67 bits per heavy atom. The first-order chi connectivity index (χ1) is 8.48. The summed E-state index contributed by atoms with van der Waals surface area (Å²) in [7, 11) is 0. The van der Waals surface area contributed by atoms with Crippen molar-refractivity contribution in [2.75, 3.05) is 12.3 Å². The Hall–Kier alpha value is -1.55. The van der Waals surface area contributed by atoms with Gasteiger partial charge in [0.1, 0.15) is 0 Å². The van der Waals surface area contributed by atoms with E-state index in [-0.39, 0.29) is 5.91 Å². The summed E-state index contributed by atoms with van der Waals surface area (Å²) < 4.78 is 0. The zero-order chi connectivity index (χ0) is 13.2. The molecule has 0 saturated heterocycles. The van der Waals surface area contributed by atoms with Gasteiger partial charge in [-0.3, -0.25) is 4.79 Å². The van der Waals surface area contributed by atoms with Crippen molar-refractivity contribution in [2.45, 2.75) is 38.2 Å². The van der Waals surface area contributed by atoms with Crippen LogP contribution in [0.5, 0.6) is 0 Å². The number of nitrogen functional groups attached to an aromatic ring is 1. The van der Waals surface area contributed by atoms with Gasteiger partial charge < -0.3 is 16.2 Å². The van der Waals surface area contributed by atoms with Crippen LogP contribution in [0.3, 0.4) is 0 Å². The average Bonchev–Trinajstić information content (AvgIpc) is 2.72. The van der Waals surface area contributed by atoms with E-state index in [1.807, 2.05) is 13.0 Å². The van der Waals surface area contributed by atoms with E-state index >= 15 is 0 Å². The molecule has 0 spiro atoms. The second kappa shape index (κ2) is 4.98. The monoisotopic (exact) mass is 248 g/mol. The maximum absolute atomic E-state index is 12.0. The van der Waals surface area contributed by atoms with Gasteiger partial charge in [0.15, 0.2) is 0 Å². The van der Waals surface area contributed by atoms with E-state index in [9.17, 15) is 9.90 Å². The zero-order valence-electron chi connectivity index (χ0n) is 10.7. The predicted octanol–water partition coefficient (Wildman–Crippen LogP) is 1.61. The highest BCUT2D eigenvalue weighted by atomic mass is 16.3. The molecule has 0 atom stereocenters. The van der Waals surface area contributed by atoms with Crippen LogP contribution in [0.25, 0.3) is 0 Å². The fourth-order valence-electron chi connectivity index (χ4n) is 2.50. The summed E-state index contributed by atoms with van der Waals surface area (Å²) in [4.78, 5) is 12.0. The third-order valence-corrected chi connectivity index (χ3v) is 3.47. The Morgan fingerprint density at radius 2 is 2.06 bits per heavy atom. The quantitative estimate of drug-likeness (QED) is 0.711. The number of aryl methyl sites for hydroxylation is 1. The molecule has 98 valence electrons. The Balaban J connectivity index is 1.99. The lowest BCUT2D eigenvalue weighted by Gasteiger charge is -2.22. The molecule has 4 heteroatoms. The van der Waals surface area contributed by atoms with E-state index in [1.54, 1.807) is 12.1 Å². The summed E-state index contributed by atoms with van der Waals surface area (Å²) in [6, 6.07) is 5.27. The summed E-state index contributed by atoms with van der Waals surface area (Å²) in [5.74, 6) is -0.175. The Kier molecular flexibility index (Phi) is 3.57. The highest BCUT2D eigenvalue weighted by molar-refractivity contribution is 5.95. The number of carbonyl (C=O) groups is 1. The predicted molar refractivity (Wildman–Crippen MR) is 71.3 cm³/mol. The van der Waals surface area contributed by atoms with Gasteiger partial charge in [-0.1, -0.05) is 12.8 Å². The molecular formula is C14H20N2O2. The average molecular weight is 248 g/mol. The van der Waals surface area contributed by atoms with E-state index in [1.165, 1.54) is 0 Å². The van der Waals surface area contributed by atoms with Crippen molar-refractivity contribution in [3.63, 3.8) is 0 Å². The lowest BCUT2D eigenvalue weighted by Crippen LogP contribution is -2.40. The minimum absolute atomic E-state index is 0.175. The molecule has 1 aliphatic rings. The van der Waals surface area contributed by atoms with E-state index in [0.29, 0.717) is 17.8 Å². The van der Waals surface area contributed by atoms with Gasteiger partial charge in [-0.25, -0.2) is 0 Å². The molecule has 4 N–H and O–H groups in total. The van der Waals surface area contributed by atoms with Crippen molar-refractivity contribution in [1.29, 1.82) is 0 Å². The first kappa shape index (κ1) is 12.9. The maximum atomic E-state index is 12.0. The molecule has 1 amide bonds. The van der Waals surface area contributed by atoms with Crippen molar-refractivity contribution in [2.24, 2.45) is 0 Å². The second-order valence-electron chi connectivity index (χ2n) is 5.25. The van der Waals surface area contributed by atoms with Crippen LogP contribution in [-0.4, -0.2) is 23.2 Å². The van der Waals surface area contributed by atoms with Crippen molar-refractivity contribution in [3.8, 4) is 0 Å². The Labute approximate surface area is 107 Å². The van der Waals surface area contributed by atoms with Crippen LogP contribution in [0.15, 0.2) is 18.2 Å².